The number of benzene rings is 2. The minimum Gasteiger partial charge on any atom is -0.322 e. The van der Waals surface area contributed by atoms with Crippen LogP contribution in [0.4, 0.5) is 11.4 Å². The van der Waals surface area contributed by atoms with E-state index in [9.17, 15) is 13.2 Å². The molecule has 1 fully saturated rings. The van der Waals surface area contributed by atoms with E-state index in [1.807, 2.05) is 31.2 Å². The van der Waals surface area contributed by atoms with E-state index in [1.165, 1.54) is 4.31 Å². The van der Waals surface area contributed by atoms with Gasteiger partial charge in [0.05, 0.1) is 11.4 Å². The molecule has 0 aromatic heterocycles. The van der Waals surface area contributed by atoms with Crippen LogP contribution in [0.5, 0.6) is 0 Å². The summed E-state index contributed by atoms with van der Waals surface area (Å²) in [6.07, 6.45) is 2.40. The Labute approximate surface area is 148 Å². The standard InChI is InChI=1S/C19H22N2O3S/c1-2-15-7-3-4-8-18(15)20-19(22)16-9-11-17(12-10-16)21-13-5-6-14-25(21,23)24/h3-4,7-12H,2,5-6,13-14H2,1H3,(H,20,22). The number of rotatable bonds is 4. The van der Waals surface area contributed by atoms with Crippen LogP contribution >= 0.6 is 0 Å². The molecule has 6 heteroatoms. The SMILES string of the molecule is CCc1ccccc1NC(=O)c1ccc(N2CCCCS2(=O)=O)cc1. The fourth-order valence-electron chi connectivity index (χ4n) is 3.00. The summed E-state index contributed by atoms with van der Waals surface area (Å²) in [6, 6.07) is 14.4. The van der Waals surface area contributed by atoms with Gasteiger partial charge >= 0.3 is 0 Å². The third kappa shape index (κ3) is 3.85. The molecule has 1 amide bonds. The highest BCUT2D eigenvalue weighted by Crippen LogP contribution is 2.24. The van der Waals surface area contributed by atoms with Crippen LogP contribution in [0.2, 0.25) is 0 Å². The minimum atomic E-state index is -3.23. The van der Waals surface area contributed by atoms with Crippen molar-refractivity contribution in [3.63, 3.8) is 0 Å². The lowest BCUT2D eigenvalue weighted by atomic mass is 10.1. The molecule has 0 radical (unpaired) electrons. The summed E-state index contributed by atoms with van der Waals surface area (Å²) in [7, 11) is -3.23. The van der Waals surface area contributed by atoms with Gasteiger partial charge in [-0.05, 0) is 55.2 Å². The number of nitrogens with one attached hydrogen (secondary N) is 1. The van der Waals surface area contributed by atoms with Crippen LogP contribution in [0.3, 0.4) is 0 Å². The maximum atomic E-state index is 12.5. The van der Waals surface area contributed by atoms with Crippen molar-refractivity contribution >= 4 is 27.3 Å². The number of carbonyl (C=O) groups is 1. The van der Waals surface area contributed by atoms with Crippen molar-refractivity contribution in [1.82, 2.24) is 0 Å². The molecule has 0 atom stereocenters. The van der Waals surface area contributed by atoms with Gasteiger partial charge in [-0.2, -0.15) is 0 Å². The maximum absolute atomic E-state index is 12.5. The van der Waals surface area contributed by atoms with Crippen molar-refractivity contribution in [1.29, 1.82) is 0 Å². The molecule has 2 aromatic rings. The molecule has 0 unspecified atom stereocenters. The van der Waals surface area contributed by atoms with Crippen LogP contribution in [0.1, 0.15) is 35.7 Å². The predicted octanol–water partition coefficient (Wildman–Crippen LogP) is 3.43. The molecule has 0 saturated carbocycles. The van der Waals surface area contributed by atoms with E-state index in [4.69, 9.17) is 0 Å². The summed E-state index contributed by atoms with van der Waals surface area (Å²) >= 11 is 0. The lowest BCUT2D eigenvalue weighted by Gasteiger charge is -2.28. The summed E-state index contributed by atoms with van der Waals surface area (Å²) in [6.45, 7) is 2.54. The first-order valence-electron chi connectivity index (χ1n) is 8.51. The van der Waals surface area contributed by atoms with Crippen molar-refractivity contribution < 1.29 is 13.2 Å². The monoisotopic (exact) mass is 358 g/mol. The Morgan fingerprint density at radius 1 is 1.08 bits per heavy atom. The molecule has 1 heterocycles. The molecule has 0 aliphatic carbocycles. The Morgan fingerprint density at radius 3 is 2.48 bits per heavy atom. The van der Waals surface area contributed by atoms with Crippen LogP contribution < -0.4 is 9.62 Å². The number of nitrogens with zero attached hydrogens (tertiary/aromatic N) is 1. The van der Waals surface area contributed by atoms with Gasteiger partial charge in [-0.15, -0.1) is 0 Å². The highest BCUT2D eigenvalue weighted by molar-refractivity contribution is 7.92. The molecular weight excluding hydrogens is 336 g/mol. The van der Waals surface area contributed by atoms with Crippen LogP contribution in [-0.2, 0) is 16.4 Å². The Bertz CT molecular complexity index is 860. The van der Waals surface area contributed by atoms with Crippen molar-refractivity contribution in [3.05, 3.63) is 59.7 Å². The molecule has 1 saturated heterocycles. The number of sulfonamides is 1. The minimum absolute atomic E-state index is 0.184. The lowest BCUT2D eigenvalue weighted by molar-refractivity contribution is 0.102. The molecule has 0 bridgehead atoms. The summed E-state index contributed by atoms with van der Waals surface area (Å²) in [4.78, 5) is 12.5. The first-order chi connectivity index (χ1) is 12.0. The summed E-state index contributed by atoms with van der Waals surface area (Å²) in [5.41, 5.74) is 3.00. The van der Waals surface area contributed by atoms with Gasteiger partial charge in [0.2, 0.25) is 10.0 Å². The largest absolute Gasteiger partial charge is 0.322 e. The molecule has 0 spiro atoms. The molecule has 3 rings (SSSR count). The molecule has 1 N–H and O–H groups in total. The number of hydrogen-bond acceptors (Lipinski definition) is 3. The molecule has 1 aliphatic heterocycles. The number of para-hydroxylation sites is 1. The number of amides is 1. The predicted molar refractivity (Wildman–Crippen MR) is 101 cm³/mol. The fraction of sp³-hybridized carbons (Fsp3) is 0.316. The Balaban J connectivity index is 1.77. The topological polar surface area (TPSA) is 66.5 Å². The van der Waals surface area contributed by atoms with Gasteiger partial charge in [0, 0.05) is 17.8 Å². The van der Waals surface area contributed by atoms with E-state index in [-0.39, 0.29) is 11.7 Å². The number of hydrogen-bond donors (Lipinski definition) is 1. The van der Waals surface area contributed by atoms with E-state index in [1.54, 1.807) is 24.3 Å². The highest BCUT2D eigenvalue weighted by atomic mass is 32.2. The second-order valence-electron chi connectivity index (χ2n) is 6.11. The van der Waals surface area contributed by atoms with Gasteiger partial charge in [-0.3, -0.25) is 9.10 Å². The van der Waals surface area contributed by atoms with Gasteiger partial charge in [0.15, 0.2) is 0 Å². The van der Waals surface area contributed by atoms with Gasteiger partial charge in [0.25, 0.3) is 5.91 Å². The Morgan fingerprint density at radius 2 is 1.80 bits per heavy atom. The van der Waals surface area contributed by atoms with E-state index < -0.39 is 10.0 Å². The Hall–Kier alpha value is -2.34. The average molecular weight is 358 g/mol. The normalized spacial score (nSPS) is 16.4. The molecule has 2 aromatic carbocycles. The highest BCUT2D eigenvalue weighted by Gasteiger charge is 2.26. The summed E-state index contributed by atoms with van der Waals surface area (Å²) in [5.74, 6) is -0.0165. The van der Waals surface area contributed by atoms with Gasteiger partial charge in [0.1, 0.15) is 0 Å². The average Bonchev–Trinajstić information content (AvgIpc) is 2.62. The van der Waals surface area contributed by atoms with Crippen molar-refractivity contribution in [2.45, 2.75) is 26.2 Å². The second-order valence-corrected chi connectivity index (χ2v) is 8.12. The zero-order valence-corrected chi connectivity index (χ0v) is 15.1. The number of anilines is 2. The third-order valence-electron chi connectivity index (χ3n) is 4.41. The van der Waals surface area contributed by atoms with Gasteiger partial charge in [-0.1, -0.05) is 25.1 Å². The van der Waals surface area contributed by atoms with Crippen LogP contribution in [0, 0.1) is 0 Å². The third-order valence-corrected chi connectivity index (χ3v) is 6.28. The van der Waals surface area contributed by atoms with Gasteiger partial charge in [-0.25, -0.2) is 8.42 Å². The first-order valence-corrected chi connectivity index (χ1v) is 10.1. The summed E-state index contributed by atoms with van der Waals surface area (Å²) in [5, 5.41) is 2.92. The lowest BCUT2D eigenvalue weighted by Crippen LogP contribution is -2.37. The number of carbonyl (C=O) groups excluding carboxylic acids is 1. The quantitative estimate of drug-likeness (QED) is 0.910. The smallest absolute Gasteiger partial charge is 0.255 e. The van der Waals surface area contributed by atoms with E-state index >= 15 is 0 Å². The van der Waals surface area contributed by atoms with Crippen molar-refractivity contribution in [2.24, 2.45) is 0 Å². The fourth-order valence-corrected chi connectivity index (χ4v) is 4.64. The summed E-state index contributed by atoms with van der Waals surface area (Å²) < 4.78 is 25.8. The van der Waals surface area contributed by atoms with Crippen LogP contribution in [0.15, 0.2) is 48.5 Å². The van der Waals surface area contributed by atoms with E-state index in [0.717, 1.165) is 24.1 Å². The number of aryl methyl sites for hydroxylation is 1. The molecule has 5 nitrogen and oxygen atoms in total. The maximum Gasteiger partial charge on any atom is 0.255 e. The molecular formula is C19H22N2O3S. The first kappa shape index (κ1) is 17.5. The van der Waals surface area contributed by atoms with Crippen molar-refractivity contribution in [3.8, 4) is 0 Å². The van der Waals surface area contributed by atoms with Crippen LogP contribution in [-0.4, -0.2) is 26.6 Å². The van der Waals surface area contributed by atoms with E-state index in [2.05, 4.69) is 5.32 Å². The van der Waals surface area contributed by atoms with Gasteiger partial charge < -0.3 is 5.32 Å². The molecule has 132 valence electrons. The zero-order valence-electron chi connectivity index (χ0n) is 14.2. The zero-order chi connectivity index (χ0) is 17.9. The van der Waals surface area contributed by atoms with Crippen molar-refractivity contribution in [2.75, 3.05) is 21.9 Å². The van der Waals surface area contributed by atoms with E-state index in [0.29, 0.717) is 24.2 Å². The molecule has 1 aliphatic rings. The van der Waals surface area contributed by atoms with Crippen LogP contribution in [0.25, 0.3) is 0 Å². The molecule has 25 heavy (non-hydrogen) atoms. The second kappa shape index (κ2) is 7.27. The Kier molecular flexibility index (Phi) is 5.08.